The van der Waals surface area contributed by atoms with E-state index in [4.69, 9.17) is 12.2 Å². The lowest BCUT2D eigenvalue weighted by molar-refractivity contribution is 0.197. The minimum atomic E-state index is -0.236. The number of nitrogens with zero attached hydrogens (tertiary/aromatic N) is 1. The standard InChI is InChI=1S/C24H33FN6S/c1-15-14-16(25)8-13-20(15)29-24(32)27-18-11-9-17(10-12-18)26-23-28-21-7-5-4-6-19(21)22(30-23)31(2)3/h4-8,13-14,17-18,22-23,26,28,30H,9-12H2,1-3H3,(H2,27,29,32). The average Bonchev–Trinajstić information content (AvgIpc) is 2.76. The third-order valence-corrected chi connectivity index (χ3v) is 6.52. The van der Waals surface area contributed by atoms with Crippen LogP contribution >= 0.6 is 12.2 Å². The zero-order valence-corrected chi connectivity index (χ0v) is 19.7. The number of nitrogens with one attached hydrogen (secondary N) is 5. The van der Waals surface area contributed by atoms with Gasteiger partial charge in [-0.3, -0.25) is 15.5 Å². The number of para-hydroxylation sites is 1. The predicted molar refractivity (Wildman–Crippen MR) is 133 cm³/mol. The Balaban J connectivity index is 1.26. The normalized spacial score (nSPS) is 25.0. The Labute approximate surface area is 195 Å². The first-order valence-corrected chi connectivity index (χ1v) is 11.7. The molecule has 1 fully saturated rings. The minimum Gasteiger partial charge on any atom is -0.360 e. The van der Waals surface area contributed by atoms with Gasteiger partial charge in [-0.1, -0.05) is 18.2 Å². The van der Waals surface area contributed by atoms with E-state index in [-0.39, 0.29) is 18.3 Å². The quantitative estimate of drug-likeness (QED) is 0.438. The highest BCUT2D eigenvalue weighted by molar-refractivity contribution is 7.80. The molecule has 0 aromatic heterocycles. The fraction of sp³-hybridized carbons (Fsp3) is 0.458. The molecule has 0 amide bonds. The molecule has 2 aromatic carbocycles. The van der Waals surface area contributed by atoms with Gasteiger partial charge in [-0.25, -0.2) is 4.39 Å². The number of benzene rings is 2. The van der Waals surface area contributed by atoms with E-state index in [2.05, 4.69) is 69.8 Å². The summed E-state index contributed by atoms with van der Waals surface area (Å²) in [4.78, 5) is 2.20. The SMILES string of the molecule is Cc1cc(F)ccc1NC(=S)NC1CCC(NC2Nc3ccccc3C(N(C)C)N2)CC1. The molecule has 0 bridgehead atoms. The maximum absolute atomic E-state index is 13.3. The summed E-state index contributed by atoms with van der Waals surface area (Å²) in [5.41, 5.74) is 4.11. The molecule has 5 N–H and O–H groups in total. The number of halogens is 1. The fourth-order valence-electron chi connectivity index (χ4n) is 4.58. The number of thiocarbonyl (C=S) groups is 1. The number of hydrogen-bond acceptors (Lipinski definition) is 5. The lowest BCUT2D eigenvalue weighted by atomic mass is 9.91. The molecular formula is C24H33FN6S. The molecule has 4 rings (SSSR count). The summed E-state index contributed by atoms with van der Waals surface area (Å²) in [6.45, 7) is 1.87. The molecule has 6 nitrogen and oxygen atoms in total. The Morgan fingerprint density at radius 1 is 1.06 bits per heavy atom. The van der Waals surface area contributed by atoms with Crippen molar-refractivity contribution >= 4 is 28.7 Å². The van der Waals surface area contributed by atoms with E-state index in [1.807, 2.05) is 6.92 Å². The summed E-state index contributed by atoms with van der Waals surface area (Å²) in [6, 6.07) is 13.9. The monoisotopic (exact) mass is 456 g/mol. The zero-order valence-electron chi connectivity index (χ0n) is 18.9. The molecule has 1 aliphatic carbocycles. The van der Waals surface area contributed by atoms with Crippen LogP contribution in [0.1, 0.15) is 43.0 Å². The Morgan fingerprint density at radius 2 is 1.78 bits per heavy atom. The van der Waals surface area contributed by atoms with Crippen molar-refractivity contribution < 1.29 is 4.39 Å². The van der Waals surface area contributed by atoms with Gasteiger partial charge >= 0.3 is 0 Å². The fourth-order valence-corrected chi connectivity index (χ4v) is 4.86. The number of hydrogen-bond donors (Lipinski definition) is 5. The molecular weight excluding hydrogens is 423 g/mol. The van der Waals surface area contributed by atoms with Crippen LogP contribution in [0.5, 0.6) is 0 Å². The summed E-state index contributed by atoms with van der Waals surface area (Å²) < 4.78 is 13.3. The zero-order chi connectivity index (χ0) is 22.7. The van der Waals surface area contributed by atoms with Crippen LogP contribution in [0.3, 0.4) is 0 Å². The number of anilines is 2. The van der Waals surface area contributed by atoms with Crippen LogP contribution in [0, 0.1) is 12.7 Å². The van der Waals surface area contributed by atoms with E-state index in [1.54, 1.807) is 6.07 Å². The lowest BCUT2D eigenvalue weighted by Gasteiger charge is -2.40. The van der Waals surface area contributed by atoms with Crippen molar-refractivity contribution in [1.29, 1.82) is 0 Å². The summed E-state index contributed by atoms with van der Waals surface area (Å²) in [7, 11) is 4.19. The maximum Gasteiger partial charge on any atom is 0.171 e. The molecule has 0 saturated heterocycles. The molecule has 2 aromatic rings. The second-order valence-corrected chi connectivity index (χ2v) is 9.38. The van der Waals surface area contributed by atoms with Crippen LogP contribution in [-0.2, 0) is 0 Å². The maximum atomic E-state index is 13.3. The molecule has 0 spiro atoms. The number of aryl methyl sites for hydroxylation is 1. The minimum absolute atomic E-state index is 0.0241. The third-order valence-electron chi connectivity index (χ3n) is 6.30. The Bertz CT molecular complexity index is 944. The van der Waals surface area contributed by atoms with Crippen LogP contribution in [0.4, 0.5) is 15.8 Å². The van der Waals surface area contributed by atoms with Gasteiger partial charge in [-0.2, -0.15) is 0 Å². The van der Waals surface area contributed by atoms with Gasteiger partial charge in [0.15, 0.2) is 5.11 Å². The van der Waals surface area contributed by atoms with Gasteiger partial charge in [0.1, 0.15) is 12.1 Å². The molecule has 2 aliphatic rings. The van der Waals surface area contributed by atoms with Crippen molar-refractivity contribution in [2.24, 2.45) is 0 Å². The van der Waals surface area contributed by atoms with Gasteiger partial charge < -0.3 is 16.0 Å². The van der Waals surface area contributed by atoms with Gasteiger partial charge in [0.2, 0.25) is 0 Å². The van der Waals surface area contributed by atoms with Crippen molar-refractivity contribution in [2.75, 3.05) is 24.7 Å². The van der Waals surface area contributed by atoms with Crippen LogP contribution in [0.25, 0.3) is 0 Å². The lowest BCUT2D eigenvalue weighted by Crippen LogP contribution is -2.58. The highest BCUT2D eigenvalue weighted by atomic mass is 32.1. The van der Waals surface area contributed by atoms with E-state index in [0.29, 0.717) is 17.2 Å². The predicted octanol–water partition coefficient (Wildman–Crippen LogP) is 3.88. The van der Waals surface area contributed by atoms with E-state index in [0.717, 1.165) is 36.9 Å². The van der Waals surface area contributed by atoms with Crippen molar-refractivity contribution in [3.05, 3.63) is 59.4 Å². The summed E-state index contributed by atoms with van der Waals surface area (Å²) in [5.74, 6) is -0.236. The first-order chi connectivity index (χ1) is 15.4. The van der Waals surface area contributed by atoms with Crippen LogP contribution in [0.2, 0.25) is 0 Å². The van der Waals surface area contributed by atoms with Crippen molar-refractivity contribution in [1.82, 2.24) is 20.9 Å². The molecule has 1 aliphatic heterocycles. The third kappa shape index (κ3) is 5.56. The first-order valence-electron chi connectivity index (χ1n) is 11.3. The highest BCUT2D eigenvalue weighted by Gasteiger charge is 2.29. The molecule has 2 atom stereocenters. The molecule has 0 radical (unpaired) electrons. The number of fused-ring (bicyclic) bond motifs is 1. The van der Waals surface area contributed by atoms with E-state index < -0.39 is 0 Å². The van der Waals surface area contributed by atoms with Crippen LogP contribution < -0.4 is 26.6 Å². The smallest absolute Gasteiger partial charge is 0.171 e. The molecule has 1 heterocycles. The van der Waals surface area contributed by atoms with Crippen molar-refractivity contribution in [3.8, 4) is 0 Å². The van der Waals surface area contributed by atoms with Crippen LogP contribution in [-0.4, -0.2) is 42.5 Å². The molecule has 1 saturated carbocycles. The summed E-state index contributed by atoms with van der Waals surface area (Å²) in [6.07, 6.45) is 4.43. The van der Waals surface area contributed by atoms with Gasteiger partial charge in [0.05, 0.1) is 6.17 Å². The van der Waals surface area contributed by atoms with Gasteiger partial charge in [-0.15, -0.1) is 0 Å². The average molecular weight is 457 g/mol. The first kappa shape index (κ1) is 22.9. The highest BCUT2D eigenvalue weighted by Crippen LogP contribution is 2.29. The Hall–Kier alpha value is -2.26. The van der Waals surface area contributed by atoms with E-state index in [1.165, 1.54) is 23.4 Å². The second kappa shape index (κ2) is 10.1. The Morgan fingerprint density at radius 3 is 2.50 bits per heavy atom. The van der Waals surface area contributed by atoms with Crippen molar-refractivity contribution in [3.63, 3.8) is 0 Å². The largest absolute Gasteiger partial charge is 0.360 e. The molecule has 32 heavy (non-hydrogen) atoms. The van der Waals surface area contributed by atoms with E-state index in [9.17, 15) is 4.39 Å². The van der Waals surface area contributed by atoms with E-state index >= 15 is 0 Å². The van der Waals surface area contributed by atoms with Crippen molar-refractivity contribution in [2.45, 2.75) is 57.1 Å². The molecule has 2 unspecified atom stereocenters. The van der Waals surface area contributed by atoms with Gasteiger partial charge in [-0.05, 0) is 88.7 Å². The topological polar surface area (TPSA) is 63.4 Å². The second-order valence-electron chi connectivity index (χ2n) is 8.97. The Kier molecular flexibility index (Phi) is 7.25. The van der Waals surface area contributed by atoms with Gasteiger partial charge in [0, 0.05) is 29.0 Å². The summed E-state index contributed by atoms with van der Waals surface area (Å²) >= 11 is 5.49. The molecule has 172 valence electrons. The summed E-state index contributed by atoms with van der Waals surface area (Å²) in [5, 5.41) is 18.2. The van der Waals surface area contributed by atoms with Crippen LogP contribution in [0.15, 0.2) is 42.5 Å². The number of rotatable bonds is 5. The molecule has 8 heteroatoms. The van der Waals surface area contributed by atoms with Gasteiger partial charge in [0.25, 0.3) is 0 Å².